The van der Waals surface area contributed by atoms with Crippen molar-refractivity contribution in [1.82, 2.24) is 0 Å². The summed E-state index contributed by atoms with van der Waals surface area (Å²) in [7, 11) is 1.66. The highest BCUT2D eigenvalue weighted by molar-refractivity contribution is 5.47. The second-order valence-electron chi connectivity index (χ2n) is 11.4. The zero-order chi connectivity index (χ0) is 24.2. The molecule has 2 aliphatic heterocycles. The Kier molecular flexibility index (Phi) is 5.90. The topological polar surface area (TPSA) is 68.2 Å². The molecule has 5 nitrogen and oxygen atoms in total. The van der Waals surface area contributed by atoms with E-state index in [0.717, 1.165) is 41.9 Å². The van der Waals surface area contributed by atoms with E-state index in [-0.39, 0.29) is 16.6 Å². The number of hydrogen-bond acceptors (Lipinski definition) is 5. The Morgan fingerprint density at radius 2 is 1.94 bits per heavy atom. The molecule has 182 valence electrons. The fourth-order valence-corrected chi connectivity index (χ4v) is 6.36. The van der Waals surface area contributed by atoms with E-state index in [1.54, 1.807) is 19.2 Å². The molecule has 0 amide bonds. The number of benzene rings is 1. The number of ether oxygens (including phenoxy) is 3. The maximum atomic E-state index is 10.8. The molecule has 1 saturated carbocycles. The number of methoxy groups -OCH3 is 1. The summed E-state index contributed by atoms with van der Waals surface area (Å²) in [6.45, 7) is 12.6. The summed E-state index contributed by atoms with van der Waals surface area (Å²) in [6.07, 6.45) is 9.04. The van der Waals surface area contributed by atoms with Gasteiger partial charge >= 0.3 is 0 Å². The largest absolute Gasteiger partial charge is 0.508 e. The molecule has 0 aromatic heterocycles. The van der Waals surface area contributed by atoms with E-state index in [1.807, 2.05) is 20.8 Å². The highest BCUT2D eigenvalue weighted by Gasteiger charge is 2.69. The Morgan fingerprint density at radius 3 is 2.58 bits per heavy atom. The third kappa shape index (κ3) is 3.87. The number of aryl methyl sites for hydroxylation is 1. The zero-order valence-electron chi connectivity index (χ0n) is 21.2. The lowest BCUT2D eigenvalue weighted by Crippen LogP contribution is -2.57. The van der Waals surface area contributed by atoms with Crippen molar-refractivity contribution in [2.75, 3.05) is 7.11 Å². The number of fused-ring (bicyclic) bond motifs is 2. The van der Waals surface area contributed by atoms with Crippen LogP contribution >= 0.6 is 0 Å². The lowest BCUT2D eigenvalue weighted by Gasteiger charge is -2.54. The average molecular weight is 457 g/mol. The molecule has 4 rings (SSSR count). The van der Waals surface area contributed by atoms with E-state index in [1.165, 1.54) is 5.57 Å². The van der Waals surface area contributed by atoms with Gasteiger partial charge in [-0.15, -0.1) is 0 Å². The van der Waals surface area contributed by atoms with Crippen LogP contribution in [0.4, 0.5) is 0 Å². The number of phenolic OH excluding ortho intramolecular Hbond substituents is 1. The van der Waals surface area contributed by atoms with E-state index >= 15 is 0 Å². The van der Waals surface area contributed by atoms with E-state index in [4.69, 9.17) is 14.2 Å². The number of hydrogen-bond donors (Lipinski definition) is 2. The van der Waals surface area contributed by atoms with Gasteiger partial charge in [0.2, 0.25) is 5.79 Å². The van der Waals surface area contributed by atoms with E-state index in [2.05, 4.69) is 32.9 Å². The summed E-state index contributed by atoms with van der Waals surface area (Å²) < 4.78 is 18.9. The first-order valence-electron chi connectivity index (χ1n) is 12.2. The van der Waals surface area contributed by atoms with Crippen molar-refractivity contribution in [3.05, 3.63) is 46.7 Å². The Hall–Kier alpha value is -1.98. The number of allylic oxidation sites excluding steroid dienone is 3. The van der Waals surface area contributed by atoms with Gasteiger partial charge < -0.3 is 24.4 Å². The first-order valence-corrected chi connectivity index (χ1v) is 12.2. The lowest BCUT2D eigenvalue weighted by atomic mass is 9.60. The summed E-state index contributed by atoms with van der Waals surface area (Å²) in [5, 5.41) is 20.8. The van der Waals surface area contributed by atoms with Crippen LogP contribution in [0.2, 0.25) is 0 Å². The minimum atomic E-state index is -0.808. The summed E-state index contributed by atoms with van der Waals surface area (Å²) in [4.78, 5) is 0. The molecule has 2 fully saturated rings. The van der Waals surface area contributed by atoms with Crippen LogP contribution in [0.5, 0.6) is 11.5 Å². The fraction of sp³-hybridized carbons (Fsp3) is 0.643. The molecule has 0 unspecified atom stereocenters. The van der Waals surface area contributed by atoms with E-state index in [9.17, 15) is 10.2 Å². The van der Waals surface area contributed by atoms with Gasteiger partial charge in [0.05, 0.1) is 18.8 Å². The van der Waals surface area contributed by atoms with Gasteiger partial charge in [0, 0.05) is 29.2 Å². The van der Waals surface area contributed by atoms with Crippen molar-refractivity contribution in [3.63, 3.8) is 0 Å². The minimum absolute atomic E-state index is 0.0352. The quantitative estimate of drug-likeness (QED) is 0.536. The molecule has 1 aromatic carbocycles. The Balaban J connectivity index is 1.60. The second-order valence-corrected chi connectivity index (χ2v) is 11.4. The summed E-state index contributed by atoms with van der Waals surface area (Å²) in [5.74, 6) is 1.18. The van der Waals surface area contributed by atoms with Gasteiger partial charge in [-0.3, -0.25) is 0 Å². The SMILES string of the molecule is COc1c(C)cc(O)cc1C/C=C(\C)CC1=C[C@@]2(C)CCC[C@@]2(C)[C@]2(C[C@H](O)C(C)(C)O2)O1. The second kappa shape index (κ2) is 8.06. The molecule has 0 bridgehead atoms. The van der Waals surface area contributed by atoms with Crippen molar-refractivity contribution >= 4 is 0 Å². The molecule has 2 heterocycles. The molecular formula is C28H40O5. The Bertz CT molecular complexity index is 992. The number of aromatic hydroxyl groups is 1. The van der Waals surface area contributed by atoms with E-state index < -0.39 is 17.5 Å². The first-order chi connectivity index (χ1) is 15.3. The van der Waals surface area contributed by atoms with Crippen LogP contribution in [0, 0.1) is 17.8 Å². The van der Waals surface area contributed by atoms with Gasteiger partial charge in [-0.25, -0.2) is 0 Å². The summed E-state index contributed by atoms with van der Waals surface area (Å²) in [5.41, 5.74) is 2.22. The standard InChI is InChI=1S/C28H40O5/c1-18(9-10-20-15-21(29)14-19(2)24(20)31-7)13-22-16-26(5)11-8-12-27(26,6)28(32-22)17-23(30)25(3,4)33-28/h9,14-16,23,29-30H,8,10-13,17H2,1-7H3/b18-9+/t23-,26+,27+,28+/m0/s1. The average Bonchev–Trinajstić information content (AvgIpc) is 3.13. The normalized spacial score (nSPS) is 35.3. The molecule has 2 N–H and O–H groups in total. The minimum Gasteiger partial charge on any atom is -0.508 e. The molecule has 33 heavy (non-hydrogen) atoms. The van der Waals surface area contributed by atoms with Gasteiger partial charge in [-0.1, -0.05) is 31.9 Å². The van der Waals surface area contributed by atoms with Gasteiger partial charge in [0.1, 0.15) is 17.3 Å². The zero-order valence-corrected chi connectivity index (χ0v) is 21.2. The summed E-state index contributed by atoms with van der Waals surface area (Å²) >= 11 is 0. The van der Waals surface area contributed by atoms with Crippen molar-refractivity contribution in [3.8, 4) is 11.5 Å². The third-order valence-corrected chi connectivity index (χ3v) is 8.61. The van der Waals surface area contributed by atoms with Crippen LogP contribution < -0.4 is 4.74 Å². The van der Waals surface area contributed by atoms with Gasteiger partial charge in [0.25, 0.3) is 0 Å². The summed E-state index contributed by atoms with van der Waals surface area (Å²) in [6, 6.07) is 3.48. The van der Waals surface area contributed by atoms with Gasteiger partial charge in [-0.05, 0) is 70.7 Å². The van der Waals surface area contributed by atoms with E-state index in [0.29, 0.717) is 19.3 Å². The van der Waals surface area contributed by atoms with Crippen LogP contribution in [0.3, 0.4) is 0 Å². The molecule has 0 radical (unpaired) electrons. The predicted octanol–water partition coefficient (Wildman–Crippen LogP) is 5.95. The van der Waals surface area contributed by atoms with Crippen LogP contribution in [0.25, 0.3) is 0 Å². The maximum absolute atomic E-state index is 10.8. The molecule has 4 atom stereocenters. The number of aliphatic hydroxyl groups excluding tert-OH is 1. The number of rotatable bonds is 5. The van der Waals surface area contributed by atoms with Crippen molar-refractivity contribution in [1.29, 1.82) is 0 Å². The highest BCUT2D eigenvalue weighted by atomic mass is 16.7. The van der Waals surface area contributed by atoms with Crippen LogP contribution in [0.1, 0.15) is 77.8 Å². The predicted molar refractivity (Wildman–Crippen MR) is 129 cm³/mol. The van der Waals surface area contributed by atoms with Crippen molar-refractivity contribution < 1.29 is 24.4 Å². The van der Waals surface area contributed by atoms with Gasteiger partial charge in [0.15, 0.2) is 0 Å². The highest BCUT2D eigenvalue weighted by Crippen LogP contribution is 2.67. The maximum Gasteiger partial charge on any atom is 0.219 e. The number of phenols is 1. The number of aliphatic hydroxyl groups is 1. The fourth-order valence-electron chi connectivity index (χ4n) is 6.36. The smallest absolute Gasteiger partial charge is 0.219 e. The van der Waals surface area contributed by atoms with Crippen molar-refractivity contribution in [2.24, 2.45) is 10.8 Å². The Morgan fingerprint density at radius 1 is 1.21 bits per heavy atom. The molecule has 5 heteroatoms. The first kappa shape index (κ1) is 24.2. The monoisotopic (exact) mass is 456 g/mol. The molecule has 1 saturated heterocycles. The van der Waals surface area contributed by atoms with Gasteiger partial charge in [-0.2, -0.15) is 0 Å². The molecule has 1 aromatic rings. The lowest BCUT2D eigenvalue weighted by molar-refractivity contribution is -0.309. The molecule has 1 spiro atoms. The third-order valence-electron chi connectivity index (χ3n) is 8.61. The van der Waals surface area contributed by atoms with Crippen LogP contribution in [-0.4, -0.2) is 34.8 Å². The van der Waals surface area contributed by atoms with Crippen LogP contribution in [-0.2, 0) is 15.9 Å². The van der Waals surface area contributed by atoms with Crippen molar-refractivity contribution in [2.45, 2.75) is 97.6 Å². The molecule has 1 aliphatic carbocycles. The molecular weight excluding hydrogens is 416 g/mol. The van der Waals surface area contributed by atoms with Crippen LogP contribution in [0.15, 0.2) is 35.6 Å². The molecule has 3 aliphatic rings. The Labute approximate surface area is 198 Å².